The van der Waals surface area contributed by atoms with Crippen LogP contribution >= 0.6 is 0 Å². The smallest absolute Gasteiger partial charge is 0.137 e. The van der Waals surface area contributed by atoms with Gasteiger partial charge in [0.1, 0.15) is 11.5 Å². The van der Waals surface area contributed by atoms with Gasteiger partial charge in [-0.05, 0) is 68.0 Å². The molecule has 3 rings (SSSR count). The molecule has 2 aromatic carbocycles. The molecular weight excluding hydrogens is 496 g/mol. The first-order valence-electron chi connectivity index (χ1n) is 13.7. The van der Waals surface area contributed by atoms with Crippen molar-refractivity contribution in [3.05, 3.63) is 132 Å². The Morgan fingerprint density at radius 2 is 1.50 bits per heavy atom. The van der Waals surface area contributed by atoms with Crippen molar-refractivity contribution in [2.75, 3.05) is 13.2 Å². The van der Waals surface area contributed by atoms with Gasteiger partial charge in [0.05, 0.1) is 37.2 Å². The van der Waals surface area contributed by atoms with Crippen LogP contribution in [-0.4, -0.2) is 30.6 Å². The zero-order valence-corrected chi connectivity index (χ0v) is 23.5. The summed E-state index contributed by atoms with van der Waals surface area (Å²) in [7, 11) is 0. The fourth-order valence-electron chi connectivity index (χ4n) is 3.73. The monoisotopic (exact) mass is 536 g/mol. The van der Waals surface area contributed by atoms with Crippen LogP contribution in [0, 0.1) is 0 Å². The molecule has 0 radical (unpaired) electrons. The number of aromatic nitrogens is 1. The molecule has 0 fully saturated rings. The number of pyridine rings is 1. The van der Waals surface area contributed by atoms with Gasteiger partial charge in [0, 0.05) is 18.6 Å². The van der Waals surface area contributed by atoms with Crippen molar-refractivity contribution >= 4 is 12.4 Å². The molecule has 0 spiro atoms. The first-order chi connectivity index (χ1) is 19.5. The lowest BCUT2D eigenvalue weighted by atomic mass is 10.1. The van der Waals surface area contributed by atoms with E-state index in [9.17, 15) is 0 Å². The van der Waals surface area contributed by atoms with Crippen molar-refractivity contribution in [1.82, 2.24) is 4.98 Å². The average Bonchev–Trinajstić information content (AvgIpc) is 3.01. The Bertz CT molecular complexity index is 1270. The van der Waals surface area contributed by atoms with Crippen molar-refractivity contribution < 1.29 is 9.47 Å². The predicted molar refractivity (Wildman–Crippen MR) is 166 cm³/mol. The zero-order valence-electron chi connectivity index (χ0n) is 23.5. The Labute approximate surface area is 238 Å². The number of hydrogen-bond acceptors (Lipinski definition) is 6. The van der Waals surface area contributed by atoms with Gasteiger partial charge in [-0.2, -0.15) is 0 Å². The molecule has 208 valence electrons. The first-order valence-corrected chi connectivity index (χ1v) is 13.7. The van der Waals surface area contributed by atoms with Gasteiger partial charge in [-0.3, -0.25) is 15.0 Å². The zero-order chi connectivity index (χ0) is 28.4. The van der Waals surface area contributed by atoms with E-state index < -0.39 is 0 Å². The number of ether oxygens (including phenoxy) is 2. The Hall–Kier alpha value is -4.45. The van der Waals surface area contributed by atoms with E-state index in [1.807, 2.05) is 60.7 Å². The molecule has 1 heterocycles. The third-order valence-electron chi connectivity index (χ3n) is 6.17. The van der Waals surface area contributed by atoms with E-state index in [1.54, 1.807) is 18.6 Å². The van der Waals surface area contributed by atoms with Crippen LogP contribution in [-0.2, 0) is 4.74 Å². The molecule has 0 aliphatic rings. The lowest BCUT2D eigenvalue weighted by molar-refractivity contribution is 0.212. The third kappa shape index (κ3) is 11.1. The quantitative estimate of drug-likeness (QED) is 0.0886. The molecule has 6 heteroatoms. The van der Waals surface area contributed by atoms with E-state index in [-0.39, 0.29) is 12.1 Å². The number of benzene rings is 2. The van der Waals surface area contributed by atoms with E-state index in [1.165, 1.54) is 11.8 Å². The minimum Gasteiger partial charge on any atom is -0.492 e. The Morgan fingerprint density at radius 3 is 2.12 bits per heavy atom. The minimum atomic E-state index is 0.0697. The molecular formula is C34H40N4O2. The second-order valence-electron chi connectivity index (χ2n) is 9.38. The fourth-order valence-corrected chi connectivity index (χ4v) is 3.73. The van der Waals surface area contributed by atoms with Crippen molar-refractivity contribution in [2.24, 2.45) is 15.7 Å². The van der Waals surface area contributed by atoms with Gasteiger partial charge in [0.15, 0.2) is 0 Å². The van der Waals surface area contributed by atoms with Gasteiger partial charge < -0.3 is 15.2 Å². The first kappa shape index (κ1) is 30.1. The molecule has 0 unspecified atom stereocenters. The van der Waals surface area contributed by atoms with E-state index >= 15 is 0 Å². The number of aliphatic imine (C=N–C) groups is 2. The number of rotatable bonds is 16. The Kier molecular flexibility index (Phi) is 12.9. The predicted octanol–water partition coefficient (Wildman–Crippen LogP) is 7.57. The largest absolute Gasteiger partial charge is 0.492 e. The van der Waals surface area contributed by atoms with Crippen LogP contribution in [0.15, 0.2) is 125 Å². The van der Waals surface area contributed by atoms with Crippen molar-refractivity contribution in [3.63, 3.8) is 0 Å². The molecule has 0 bridgehead atoms. The maximum absolute atomic E-state index is 5.83. The molecule has 40 heavy (non-hydrogen) atoms. The fraction of sp³-hybridized carbons (Fsp3) is 0.265. The second kappa shape index (κ2) is 17.2. The normalized spacial score (nSPS) is 13.6. The van der Waals surface area contributed by atoms with E-state index in [4.69, 9.17) is 15.2 Å². The molecule has 0 aliphatic heterocycles. The van der Waals surface area contributed by atoms with Crippen LogP contribution in [0.4, 0.5) is 0 Å². The van der Waals surface area contributed by atoms with E-state index in [0.717, 1.165) is 41.8 Å². The number of nitrogens with zero attached hydrogens (tertiary/aromatic N) is 3. The number of nitrogens with two attached hydrogens (primary N) is 1. The number of hydrogen-bond donors (Lipinski definition) is 1. The highest BCUT2D eigenvalue weighted by atomic mass is 16.5. The molecule has 0 amide bonds. The molecule has 6 nitrogen and oxygen atoms in total. The number of allylic oxidation sites excluding steroid dienone is 3. The van der Waals surface area contributed by atoms with Crippen molar-refractivity contribution in [3.8, 4) is 5.75 Å². The lowest BCUT2D eigenvalue weighted by Gasteiger charge is -2.08. The van der Waals surface area contributed by atoms with Crippen LogP contribution in [0.1, 0.15) is 62.0 Å². The molecule has 0 aliphatic carbocycles. The van der Waals surface area contributed by atoms with Crippen LogP contribution in [0.5, 0.6) is 5.75 Å². The SMILES string of the molecule is C=C(/C=C\C(=C/N)OCCCCCOc1ccc(/C=N/[C@H](C)c2ccccc2)nc1)/C=N/[C@H](C)c1ccccc1. The summed E-state index contributed by atoms with van der Waals surface area (Å²) in [6.45, 7) is 9.36. The van der Waals surface area contributed by atoms with Gasteiger partial charge in [-0.15, -0.1) is 0 Å². The molecule has 1 aromatic heterocycles. The summed E-state index contributed by atoms with van der Waals surface area (Å²) in [4.78, 5) is 13.6. The van der Waals surface area contributed by atoms with E-state index in [2.05, 4.69) is 59.7 Å². The maximum atomic E-state index is 5.83. The van der Waals surface area contributed by atoms with Gasteiger partial charge in [-0.1, -0.05) is 73.3 Å². The van der Waals surface area contributed by atoms with Crippen LogP contribution in [0.25, 0.3) is 0 Å². The van der Waals surface area contributed by atoms with Gasteiger partial charge in [0.2, 0.25) is 0 Å². The molecule has 2 N–H and O–H groups in total. The summed E-state index contributed by atoms with van der Waals surface area (Å²) in [5.41, 5.74) is 9.65. The summed E-state index contributed by atoms with van der Waals surface area (Å²) in [5.74, 6) is 1.36. The highest BCUT2D eigenvalue weighted by Crippen LogP contribution is 2.17. The van der Waals surface area contributed by atoms with E-state index in [0.29, 0.717) is 19.0 Å². The third-order valence-corrected chi connectivity index (χ3v) is 6.17. The maximum Gasteiger partial charge on any atom is 0.137 e. The summed E-state index contributed by atoms with van der Waals surface area (Å²) in [6.07, 6.45) is 13.2. The Morgan fingerprint density at radius 1 is 0.850 bits per heavy atom. The highest BCUT2D eigenvalue weighted by Gasteiger charge is 2.02. The second-order valence-corrected chi connectivity index (χ2v) is 9.38. The van der Waals surface area contributed by atoms with Crippen LogP contribution in [0.3, 0.4) is 0 Å². The molecule has 0 saturated heterocycles. The standard InChI is InChI=1S/C34H40N4O2/c1-27(24-36-28(2)30-13-7-4-8-14-30)17-19-33(23-35)39-21-11-6-12-22-40-34-20-18-32(38-26-34)25-37-29(3)31-15-9-5-10-16-31/h4-5,7-10,13-20,23-26,28-29H,1,6,11-12,21-22,35H2,2-3H3/b19-17-,33-23+,36-24+,37-25+/t28-,29-/m1/s1. The van der Waals surface area contributed by atoms with Crippen molar-refractivity contribution in [1.29, 1.82) is 0 Å². The minimum absolute atomic E-state index is 0.0697. The summed E-state index contributed by atoms with van der Waals surface area (Å²) in [6, 6.07) is 24.4. The van der Waals surface area contributed by atoms with Gasteiger partial charge in [-0.25, -0.2) is 0 Å². The van der Waals surface area contributed by atoms with Crippen LogP contribution in [0.2, 0.25) is 0 Å². The highest BCUT2D eigenvalue weighted by molar-refractivity contribution is 5.81. The summed E-state index contributed by atoms with van der Waals surface area (Å²) in [5, 5.41) is 0. The molecule has 0 saturated carbocycles. The lowest BCUT2D eigenvalue weighted by Crippen LogP contribution is -2.01. The topological polar surface area (TPSA) is 82.1 Å². The average molecular weight is 537 g/mol. The summed E-state index contributed by atoms with van der Waals surface area (Å²) < 4.78 is 11.6. The number of unbranched alkanes of at least 4 members (excludes halogenated alkanes) is 2. The van der Waals surface area contributed by atoms with Gasteiger partial charge >= 0.3 is 0 Å². The molecule has 2 atom stereocenters. The molecule has 3 aromatic rings. The van der Waals surface area contributed by atoms with Crippen molar-refractivity contribution in [2.45, 2.75) is 45.2 Å². The van der Waals surface area contributed by atoms with Crippen LogP contribution < -0.4 is 10.5 Å². The Balaban J connectivity index is 1.28. The van der Waals surface area contributed by atoms with Gasteiger partial charge in [0.25, 0.3) is 0 Å². The summed E-state index contributed by atoms with van der Waals surface area (Å²) >= 11 is 0.